The lowest BCUT2D eigenvalue weighted by Gasteiger charge is -2.35. The summed E-state index contributed by atoms with van der Waals surface area (Å²) in [6, 6.07) is 11.7. The Hall–Kier alpha value is -2.77. The number of halogens is 1. The fraction of sp³-hybridized carbons (Fsp3) is 0.273. The van der Waals surface area contributed by atoms with E-state index in [2.05, 4.69) is 11.1 Å². The second-order valence-corrected chi connectivity index (χ2v) is 8.59. The second-order valence-electron chi connectivity index (χ2n) is 7.53. The number of carboxylic acid groups (broad SMARTS) is 1. The lowest BCUT2D eigenvalue weighted by molar-refractivity contribution is -0.144. The Bertz CT molecular complexity index is 1170. The highest BCUT2D eigenvalue weighted by atomic mass is 32.1. The first-order valence-corrected chi connectivity index (χ1v) is 10.5. The number of para-hydroxylation sites is 1. The number of hydrogen-bond donors (Lipinski definition) is 2. The van der Waals surface area contributed by atoms with Crippen molar-refractivity contribution in [3.63, 3.8) is 0 Å². The molecular formula is C22H20FN3O2S. The SMILES string of the molecule is O=C(O)[C@H](c1c[nH]c2cc(F)ccc12)N1CCC[C@@H](c2nc3ccccc3s2)C1. The number of aliphatic carboxylic acids is 1. The van der Waals surface area contributed by atoms with E-state index < -0.39 is 12.0 Å². The molecule has 0 radical (unpaired) electrons. The van der Waals surface area contributed by atoms with Gasteiger partial charge in [0.05, 0.1) is 15.2 Å². The number of fused-ring (bicyclic) bond motifs is 2. The van der Waals surface area contributed by atoms with E-state index in [1.165, 1.54) is 12.1 Å². The van der Waals surface area contributed by atoms with E-state index in [0.29, 0.717) is 24.2 Å². The largest absolute Gasteiger partial charge is 0.480 e. The Kier molecular flexibility index (Phi) is 4.56. The van der Waals surface area contributed by atoms with Crippen LogP contribution < -0.4 is 0 Å². The van der Waals surface area contributed by atoms with Gasteiger partial charge in [0.2, 0.25) is 0 Å². The summed E-state index contributed by atoms with van der Waals surface area (Å²) in [6.07, 6.45) is 3.62. The quantitative estimate of drug-likeness (QED) is 0.502. The molecule has 148 valence electrons. The van der Waals surface area contributed by atoms with Gasteiger partial charge in [-0.2, -0.15) is 0 Å². The van der Waals surface area contributed by atoms with Crippen LogP contribution in [0.15, 0.2) is 48.7 Å². The molecule has 1 saturated heterocycles. The number of thiazole rings is 1. The molecule has 1 fully saturated rings. The summed E-state index contributed by atoms with van der Waals surface area (Å²) < 4.78 is 14.7. The van der Waals surface area contributed by atoms with Gasteiger partial charge in [-0.05, 0) is 49.7 Å². The number of aromatic amines is 1. The van der Waals surface area contributed by atoms with Gasteiger partial charge in [-0.1, -0.05) is 12.1 Å². The molecular weight excluding hydrogens is 389 g/mol. The molecule has 0 unspecified atom stereocenters. The molecule has 0 bridgehead atoms. The van der Waals surface area contributed by atoms with E-state index in [-0.39, 0.29) is 11.7 Å². The van der Waals surface area contributed by atoms with Crippen LogP contribution in [0.25, 0.3) is 21.1 Å². The number of hydrogen-bond acceptors (Lipinski definition) is 4. The minimum absolute atomic E-state index is 0.214. The van der Waals surface area contributed by atoms with Crippen LogP contribution in [0.2, 0.25) is 0 Å². The first-order chi connectivity index (χ1) is 14.1. The molecule has 2 aromatic carbocycles. The predicted molar refractivity (Wildman–Crippen MR) is 112 cm³/mol. The molecule has 3 heterocycles. The first-order valence-electron chi connectivity index (χ1n) is 9.69. The Morgan fingerprint density at radius 2 is 2.17 bits per heavy atom. The van der Waals surface area contributed by atoms with Crippen LogP contribution in [0.5, 0.6) is 0 Å². The van der Waals surface area contributed by atoms with Crippen molar-refractivity contribution in [2.45, 2.75) is 24.8 Å². The summed E-state index contributed by atoms with van der Waals surface area (Å²) in [5.41, 5.74) is 2.29. The molecule has 0 amide bonds. The van der Waals surface area contributed by atoms with Gasteiger partial charge in [-0.25, -0.2) is 9.37 Å². The van der Waals surface area contributed by atoms with Gasteiger partial charge in [0, 0.05) is 35.1 Å². The predicted octanol–water partition coefficient (Wildman–Crippen LogP) is 4.92. The van der Waals surface area contributed by atoms with Crippen molar-refractivity contribution in [3.05, 3.63) is 65.0 Å². The number of benzene rings is 2. The summed E-state index contributed by atoms with van der Waals surface area (Å²) in [4.78, 5) is 22.1. The first kappa shape index (κ1) is 18.3. The van der Waals surface area contributed by atoms with E-state index >= 15 is 0 Å². The molecule has 29 heavy (non-hydrogen) atoms. The van der Waals surface area contributed by atoms with Gasteiger partial charge in [-0.15, -0.1) is 11.3 Å². The molecule has 0 saturated carbocycles. The highest BCUT2D eigenvalue weighted by molar-refractivity contribution is 7.18. The second kappa shape index (κ2) is 7.24. The third-order valence-electron chi connectivity index (χ3n) is 5.68. The average Bonchev–Trinajstić information content (AvgIpc) is 3.32. The average molecular weight is 409 g/mol. The number of rotatable bonds is 4. The van der Waals surface area contributed by atoms with E-state index in [9.17, 15) is 14.3 Å². The molecule has 1 aliphatic rings. The molecule has 1 aliphatic heterocycles. The third kappa shape index (κ3) is 3.30. The van der Waals surface area contributed by atoms with Gasteiger partial charge in [0.1, 0.15) is 11.9 Å². The number of nitrogens with one attached hydrogen (secondary N) is 1. The summed E-state index contributed by atoms with van der Waals surface area (Å²) in [5, 5.41) is 11.9. The number of aromatic nitrogens is 2. The maximum Gasteiger partial charge on any atom is 0.325 e. The fourth-order valence-corrected chi connectivity index (χ4v) is 5.43. The summed E-state index contributed by atoms with van der Waals surface area (Å²) in [6.45, 7) is 1.36. The normalized spacial score (nSPS) is 19.0. The fourth-order valence-electron chi connectivity index (χ4n) is 4.34. The zero-order valence-corrected chi connectivity index (χ0v) is 16.5. The van der Waals surface area contributed by atoms with Gasteiger partial charge in [0.15, 0.2) is 0 Å². The molecule has 4 aromatic rings. The number of likely N-dealkylation sites (tertiary alicyclic amines) is 1. The van der Waals surface area contributed by atoms with Gasteiger partial charge < -0.3 is 10.1 Å². The van der Waals surface area contributed by atoms with Gasteiger partial charge in [-0.3, -0.25) is 9.69 Å². The van der Waals surface area contributed by atoms with Crippen molar-refractivity contribution in [1.29, 1.82) is 0 Å². The van der Waals surface area contributed by atoms with Crippen molar-refractivity contribution in [2.75, 3.05) is 13.1 Å². The number of carboxylic acids is 1. The zero-order chi connectivity index (χ0) is 20.0. The number of carbonyl (C=O) groups is 1. The molecule has 2 aromatic heterocycles. The summed E-state index contributed by atoms with van der Waals surface area (Å²) >= 11 is 1.69. The summed E-state index contributed by atoms with van der Waals surface area (Å²) in [7, 11) is 0. The Labute approximate surface area is 170 Å². The maximum atomic E-state index is 13.5. The van der Waals surface area contributed by atoms with Crippen molar-refractivity contribution in [1.82, 2.24) is 14.9 Å². The van der Waals surface area contributed by atoms with Crippen LogP contribution in [0.4, 0.5) is 4.39 Å². The number of H-pyrrole nitrogens is 1. The van der Waals surface area contributed by atoms with Crippen LogP contribution in [0, 0.1) is 5.82 Å². The highest BCUT2D eigenvalue weighted by Crippen LogP contribution is 2.37. The lowest BCUT2D eigenvalue weighted by atomic mass is 9.95. The minimum Gasteiger partial charge on any atom is -0.480 e. The van der Waals surface area contributed by atoms with Crippen LogP contribution in [0.1, 0.15) is 35.4 Å². The van der Waals surface area contributed by atoms with E-state index in [0.717, 1.165) is 33.5 Å². The number of piperidine rings is 1. The molecule has 0 spiro atoms. The van der Waals surface area contributed by atoms with E-state index in [4.69, 9.17) is 4.98 Å². The van der Waals surface area contributed by atoms with Crippen LogP contribution in [-0.2, 0) is 4.79 Å². The molecule has 0 aliphatic carbocycles. The van der Waals surface area contributed by atoms with Gasteiger partial charge >= 0.3 is 5.97 Å². The van der Waals surface area contributed by atoms with Crippen LogP contribution in [-0.4, -0.2) is 39.0 Å². The van der Waals surface area contributed by atoms with Crippen molar-refractivity contribution in [3.8, 4) is 0 Å². The minimum atomic E-state index is -0.889. The van der Waals surface area contributed by atoms with Crippen LogP contribution in [0.3, 0.4) is 0 Å². The lowest BCUT2D eigenvalue weighted by Crippen LogP contribution is -2.40. The number of nitrogens with zero attached hydrogens (tertiary/aromatic N) is 2. The Morgan fingerprint density at radius 3 is 3.00 bits per heavy atom. The molecule has 5 rings (SSSR count). The molecule has 5 nitrogen and oxygen atoms in total. The van der Waals surface area contributed by atoms with Crippen LogP contribution >= 0.6 is 11.3 Å². The zero-order valence-electron chi connectivity index (χ0n) is 15.6. The topological polar surface area (TPSA) is 69.2 Å². The monoisotopic (exact) mass is 409 g/mol. The van der Waals surface area contributed by atoms with Gasteiger partial charge in [0.25, 0.3) is 0 Å². The van der Waals surface area contributed by atoms with Crippen molar-refractivity contribution >= 4 is 38.4 Å². The molecule has 2 N–H and O–H groups in total. The van der Waals surface area contributed by atoms with Crippen molar-refractivity contribution in [2.24, 2.45) is 0 Å². The third-order valence-corrected chi connectivity index (χ3v) is 6.88. The Morgan fingerprint density at radius 1 is 1.31 bits per heavy atom. The smallest absolute Gasteiger partial charge is 0.325 e. The highest BCUT2D eigenvalue weighted by Gasteiger charge is 2.34. The van der Waals surface area contributed by atoms with E-state index in [1.807, 2.05) is 23.1 Å². The Balaban J connectivity index is 1.47. The molecule has 2 atom stereocenters. The van der Waals surface area contributed by atoms with E-state index in [1.54, 1.807) is 23.6 Å². The summed E-state index contributed by atoms with van der Waals surface area (Å²) in [5.74, 6) is -1.02. The standard InChI is InChI=1S/C22H20FN3O2S/c23-14-7-8-15-16(11-24-18(15)10-14)20(22(27)28)26-9-3-4-13(12-26)21-25-17-5-1-2-6-19(17)29-21/h1-2,5-8,10-11,13,20,24H,3-4,9,12H2,(H,27,28)/t13-,20+/m1/s1. The molecule has 7 heteroatoms. The maximum absolute atomic E-state index is 13.5. The van der Waals surface area contributed by atoms with Crippen molar-refractivity contribution < 1.29 is 14.3 Å².